The number of ether oxygens (including phenoxy) is 2. The number of rotatable bonds is 4. The summed E-state index contributed by atoms with van der Waals surface area (Å²) in [7, 11) is 3.25. The van der Waals surface area contributed by atoms with E-state index in [0.717, 1.165) is 22.6 Å². The smallest absolute Gasteiger partial charge is 0.385 e. The van der Waals surface area contributed by atoms with Crippen LogP contribution in [0.15, 0.2) is 42.5 Å². The fourth-order valence-electron chi connectivity index (χ4n) is 1.79. The minimum absolute atomic E-state index is 0.532. The fraction of sp³-hybridized carbons (Fsp3) is 0.125. The molecular weight excluding hydrogens is 252 g/mol. The van der Waals surface area contributed by atoms with Crippen molar-refractivity contribution in [1.29, 1.82) is 5.39 Å². The van der Waals surface area contributed by atoms with Crippen LogP contribution in [0, 0.1) is 5.39 Å². The van der Waals surface area contributed by atoms with Crippen LogP contribution in [0.3, 0.4) is 0 Å². The Morgan fingerprint density at radius 2 is 1.70 bits per heavy atom. The molecule has 0 saturated carbocycles. The highest BCUT2D eigenvalue weighted by Gasteiger charge is 2.03. The molecule has 0 aliphatic heterocycles. The maximum Gasteiger partial charge on any atom is 0.385 e. The standard InChI is InChI=1S/C16H15N2O2/c1-19-15-10-7-13(16(11-15)20-2)6-3-12-4-8-14(18-17)9-5-12/h3-11H,1-2H3/q+1/b6-3+. The van der Waals surface area contributed by atoms with Crippen LogP contribution in [0.25, 0.3) is 17.1 Å². The second-order valence-electron chi connectivity index (χ2n) is 4.13. The third kappa shape index (κ3) is 3.15. The molecule has 0 aliphatic rings. The second-order valence-corrected chi connectivity index (χ2v) is 4.13. The van der Waals surface area contributed by atoms with Crippen molar-refractivity contribution in [2.45, 2.75) is 0 Å². The van der Waals surface area contributed by atoms with E-state index in [-0.39, 0.29) is 0 Å². The number of diazo groups is 1. The molecule has 2 aromatic rings. The summed E-state index contributed by atoms with van der Waals surface area (Å²) in [6, 6.07) is 12.9. The lowest BCUT2D eigenvalue weighted by atomic mass is 10.1. The normalized spacial score (nSPS) is 10.2. The predicted molar refractivity (Wildman–Crippen MR) is 79.7 cm³/mol. The quantitative estimate of drug-likeness (QED) is 0.610. The van der Waals surface area contributed by atoms with Gasteiger partial charge < -0.3 is 9.47 Å². The molecule has 0 unspecified atom stereocenters. The minimum atomic E-state index is 0.532. The van der Waals surface area contributed by atoms with Crippen molar-refractivity contribution in [3.63, 3.8) is 0 Å². The third-order valence-electron chi connectivity index (χ3n) is 2.90. The van der Waals surface area contributed by atoms with Crippen molar-refractivity contribution < 1.29 is 9.47 Å². The van der Waals surface area contributed by atoms with E-state index >= 15 is 0 Å². The Bertz CT molecular complexity index is 655. The molecule has 0 radical (unpaired) electrons. The molecule has 0 heterocycles. The van der Waals surface area contributed by atoms with Crippen LogP contribution < -0.4 is 9.47 Å². The highest BCUT2D eigenvalue weighted by Crippen LogP contribution is 2.26. The maximum absolute atomic E-state index is 8.63. The Kier molecular flexibility index (Phi) is 4.35. The van der Waals surface area contributed by atoms with E-state index in [1.165, 1.54) is 0 Å². The maximum atomic E-state index is 8.63. The molecule has 0 bridgehead atoms. The van der Waals surface area contributed by atoms with E-state index in [4.69, 9.17) is 14.9 Å². The Morgan fingerprint density at radius 1 is 0.950 bits per heavy atom. The van der Waals surface area contributed by atoms with Gasteiger partial charge in [-0.3, -0.25) is 0 Å². The van der Waals surface area contributed by atoms with Crippen LogP contribution in [0.4, 0.5) is 5.69 Å². The van der Waals surface area contributed by atoms with Gasteiger partial charge in [-0.1, -0.05) is 12.2 Å². The number of benzene rings is 2. The second kappa shape index (κ2) is 6.39. The molecule has 0 N–H and O–H groups in total. The molecule has 4 heteroatoms. The van der Waals surface area contributed by atoms with Gasteiger partial charge in [0.25, 0.3) is 0 Å². The van der Waals surface area contributed by atoms with Gasteiger partial charge >= 0.3 is 5.69 Å². The molecule has 0 saturated heterocycles. The SMILES string of the molecule is COc1ccc(/C=C/c2ccc([N+]#N)cc2)c(OC)c1. The summed E-state index contributed by atoms with van der Waals surface area (Å²) in [5.74, 6) is 1.51. The topological polar surface area (TPSA) is 46.6 Å². The molecule has 20 heavy (non-hydrogen) atoms. The minimum Gasteiger partial charge on any atom is -0.497 e. The van der Waals surface area contributed by atoms with Gasteiger partial charge in [0.2, 0.25) is 5.39 Å². The number of hydrogen-bond donors (Lipinski definition) is 0. The molecule has 0 spiro atoms. The Labute approximate surface area is 117 Å². The van der Waals surface area contributed by atoms with E-state index in [1.54, 1.807) is 26.4 Å². The molecule has 0 aromatic heterocycles. The Hall–Kier alpha value is -2.80. The summed E-state index contributed by atoms with van der Waals surface area (Å²) in [4.78, 5) is 3.12. The molecule has 2 rings (SSSR count). The fourth-order valence-corrected chi connectivity index (χ4v) is 1.79. The average molecular weight is 267 g/mol. The van der Waals surface area contributed by atoms with Gasteiger partial charge in [0.05, 0.1) is 14.2 Å². The zero-order valence-electron chi connectivity index (χ0n) is 11.4. The van der Waals surface area contributed by atoms with Crippen LogP contribution in [0.1, 0.15) is 11.1 Å². The number of methoxy groups -OCH3 is 2. The zero-order chi connectivity index (χ0) is 14.4. The van der Waals surface area contributed by atoms with Gasteiger partial charge in [-0.15, -0.1) is 0 Å². The summed E-state index contributed by atoms with van der Waals surface area (Å²) in [5, 5.41) is 8.63. The Morgan fingerprint density at radius 3 is 2.30 bits per heavy atom. The number of hydrogen-bond acceptors (Lipinski definition) is 3. The highest BCUT2D eigenvalue weighted by molar-refractivity contribution is 5.73. The molecule has 2 aromatic carbocycles. The van der Waals surface area contributed by atoms with Crippen LogP contribution in [-0.4, -0.2) is 14.2 Å². The first-order chi connectivity index (χ1) is 9.76. The highest BCUT2D eigenvalue weighted by atomic mass is 16.5. The van der Waals surface area contributed by atoms with Gasteiger partial charge in [-0.2, -0.15) is 0 Å². The lowest BCUT2D eigenvalue weighted by molar-refractivity contribution is 0.394. The van der Waals surface area contributed by atoms with E-state index < -0.39 is 0 Å². The molecule has 0 amide bonds. The van der Waals surface area contributed by atoms with Gasteiger partial charge in [0, 0.05) is 23.8 Å². The van der Waals surface area contributed by atoms with E-state index in [9.17, 15) is 0 Å². The summed E-state index contributed by atoms with van der Waals surface area (Å²) in [6.45, 7) is 0. The lowest BCUT2D eigenvalue weighted by Gasteiger charge is -2.07. The van der Waals surface area contributed by atoms with Gasteiger partial charge in [0.1, 0.15) is 11.5 Å². The summed E-state index contributed by atoms with van der Waals surface area (Å²) in [6.07, 6.45) is 3.93. The van der Waals surface area contributed by atoms with E-state index in [1.807, 2.05) is 42.5 Å². The van der Waals surface area contributed by atoms with Crippen molar-refractivity contribution in [3.05, 3.63) is 58.6 Å². The number of nitrogens with zero attached hydrogens (tertiary/aromatic N) is 2. The first-order valence-electron chi connectivity index (χ1n) is 6.12. The van der Waals surface area contributed by atoms with Crippen LogP contribution >= 0.6 is 0 Å². The van der Waals surface area contributed by atoms with Crippen molar-refractivity contribution in [3.8, 4) is 11.5 Å². The summed E-state index contributed by atoms with van der Waals surface area (Å²) in [5.41, 5.74) is 2.50. The zero-order valence-corrected chi connectivity index (χ0v) is 11.4. The molecule has 4 nitrogen and oxygen atoms in total. The van der Waals surface area contributed by atoms with Crippen molar-refractivity contribution in [2.75, 3.05) is 14.2 Å². The van der Waals surface area contributed by atoms with Crippen LogP contribution in [-0.2, 0) is 0 Å². The molecule has 0 aliphatic carbocycles. The van der Waals surface area contributed by atoms with Crippen LogP contribution in [0.2, 0.25) is 0 Å². The van der Waals surface area contributed by atoms with E-state index in [2.05, 4.69) is 4.98 Å². The van der Waals surface area contributed by atoms with Crippen LogP contribution in [0.5, 0.6) is 11.5 Å². The Balaban J connectivity index is 2.24. The summed E-state index contributed by atoms with van der Waals surface area (Å²) >= 11 is 0. The summed E-state index contributed by atoms with van der Waals surface area (Å²) < 4.78 is 10.5. The van der Waals surface area contributed by atoms with Crippen molar-refractivity contribution >= 4 is 17.8 Å². The molecule has 100 valence electrons. The van der Waals surface area contributed by atoms with Gasteiger partial charge in [-0.05, 0) is 29.8 Å². The van der Waals surface area contributed by atoms with E-state index in [0.29, 0.717) is 5.69 Å². The third-order valence-corrected chi connectivity index (χ3v) is 2.90. The van der Waals surface area contributed by atoms with Crippen molar-refractivity contribution in [1.82, 2.24) is 0 Å². The molecule has 0 atom stereocenters. The predicted octanol–water partition coefficient (Wildman–Crippen LogP) is 4.36. The van der Waals surface area contributed by atoms with Gasteiger partial charge in [-0.25, -0.2) is 0 Å². The monoisotopic (exact) mass is 267 g/mol. The van der Waals surface area contributed by atoms with Gasteiger partial charge in [0.15, 0.2) is 4.98 Å². The first kappa shape index (κ1) is 13.6. The average Bonchev–Trinajstić information content (AvgIpc) is 2.53. The lowest BCUT2D eigenvalue weighted by Crippen LogP contribution is -1.89. The first-order valence-corrected chi connectivity index (χ1v) is 6.12. The molecule has 0 fully saturated rings. The molecular formula is C16H15N2O2+. The van der Waals surface area contributed by atoms with Crippen molar-refractivity contribution in [2.24, 2.45) is 0 Å². The largest absolute Gasteiger partial charge is 0.497 e.